The lowest BCUT2D eigenvalue weighted by Gasteiger charge is -2.12. The molecule has 0 aromatic heterocycles. The van der Waals surface area contributed by atoms with E-state index in [1.54, 1.807) is 6.92 Å². The first-order valence-corrected chi connectivity index (χ1v) is 14.4. The van der Waals surface area contributed by atoms with Crippen molar-refractivity contribution in [2.75, 3.05) is 0 Å². The van der Waals surface area contributed by atoms with E-state index < -0.39 is 0 Å². The van der Waals surface area contributed by atoms with E-state index in [9.17, 15) is 4.79 Å². The Bertz CT molecular complexity index is 1020. The van der Waals surface area contributed by atoms with E-state index in [-0.39, 0.29) is 0 Å². The van der Waals surface area contributed by atoms with Crippen molar-refractivity contribution in [1.29, 1.82) is 0 Å². The molecule has 0 aliphatic carbocycles. The number of hydrogen-bond acceptors (Lipinski definition) is 2. The van der Waals surface area contributed by atoms with Crippen LogP contribution in [0.3, 0.4) is 0 Å². The average Bonchev–Trinajstić information content (AvgIpc) is 2.93. The van der Waals surface area contributed by atoms with Gasteiger partial charge in [-0.3, -0.25) is 4.99 Å². The zero-order valence-corrected chi connectivity index (χ0v) is 26.4. The predicted octanol–water partition coefficient (Wildman–Crippen LogP) is 11.1. The van der Waals surface area contributed by atoms with Gasteiger partial charge in [0.2, 0.25) is 0 Å². The number of carbonyl (C=O) groups excluding carboxylic acids is 1. The lowest BCUT2D eigenvalue weighted by molar-refractivity contribution is -0.117. The molecule has 0 atom stereocenters. The largest absolute Gasteiger partial charge is 0.300 e. The molecular weight excluding hydrogens is 462 g/mol. The fourth-order valence-electron chi connectivity index (χ4n) is 3.43. The van der Waals surface area contributed by atoms with Crippen molar-refractivity contribution in [2.45, 2.75) is 108 Å². The summed E-state index contributed by atoms with van der Waals surface area (Å²) in [4.78, 5) is 15.1. The molecule has 0 spiro atoms. The average molecular weight is 518 g/mol. The minimum absolute atomic E-state index is 0.307. The van der Waals surface area contributed by atoms with Crippen molar-refractivity contribution in [3.05, 3.63) is 101 Å². The third kappa shape index (κ3) is 16.0. The molecule has 2 aromatic carbocycles. The molecule has 0 saturated carbocycles. The minimum atomic E-state index is 0.307. The standard InChI is InChI=1S/C26H31N.C6H12O.2C2H6/c1-7-9-10-11-20(4)22(6)27-26-18-24(17-25(8-2)21(26)5)16-23-14-12-19(3)13-15-23;1-3-4-5-6(2)7;2*1-2/h7,9-15,17-18H,4,8,16H2,1-3,5-6H3;3-5H2,1-2H3;2*1-2H3/b9-7-,11-10-,27-22?;;;. The Kier molecular flexibility index (Phi) is 22.6. The molecule has 0 aliphatic heterocycles. The number of aliphatic imine (C=N–C) groups is 1. The van der Waals surface area contributed by atoms with Gasteiger partial charge in [-0.2, -0.15) is 0 Å². The highest BCUT2D eigenvalue weighted by Gasteiger charge is 2.08. The van der Waals surface area contributed by atoms with E-state index in [2.05, 4.69) is 70.7 Å². The molecule has 0 fully saturated rings. The molecule has 0 heterocycles. The summed E-state index contributed by atoms with van der Waals surface area (Å²) in [7, 11) is 0. The Morgan fingerprint density at radius 2 is 1.53 bits per heavy atom. The van der Waals surface area contributed by atoms with Crippen LogP contribution in [0.15, 0.2) is 77.8 Å². The van der Waals surface area contributed by atoms with Gasteiger partial charge >= 0.3 is 0 Å². The van der Waals surface area contributed by atoms with E-state index in [0.717, 1.165) is 49.1 Å². The van der Waals surface area contributed by atoms with Gasteiger partial charge < -0.3 is 4.79 Å². The van der Waals surface area contributed by atoms with Gasteiger partial charge in [-0.15, -0.1) is 0 Å². The Hall–Kier alpha value is -3.00. The van der Waals surface area contributed by atoms with Gasteiger partial charge in [0.25, 0.3) is 0 Å². The normalized spacial score (nSPS) is 10.7. The van der Waals surface area contributed by atoms with Crippen molar-refractivity contribution in [2.24, 2.45) is 4.99 Å². The van der Waals surface area contributed by atoms with Crippen LogP contribution in [0.2, 0.25) is 0 Å². The first kappa shape index (κ1) is 37.2. The van der Waals surface area contributed by atoms with Gasteiger partial charge in [0.1, 0.15) is 5.78 Å². The van der Waals surface area contributed by atoms with Crippen LogP contribution in [-0.2, 0) is 17.6 Å². The van der Waals surface area contributed by atoms with Crippen molar-refractivity contribution in [3.63, 3.8) is 0 Å². The van der Waals surface area contributed by atoms with Crippen LogP contribution in [0.5, 0.6) is 0 Å². The van der Waals surface area contributed by atoms with Crippen LogP contribution in [0, 0.1) is 13.8 Å². The molecule has 210 valence electrons. The number of aryl methyl sites for hydroxylation is 2. The van der Waals surface area contributed by atoms with Crippen molar-refractivity contribution >= 4 is 17.2 Å². The molecule has 0 N–H and O–H groups in total. The van der Waals surface area contributed by atoms with Crippen LogP contribution in [0.4, 0.5) is 5.69 Å². The second kappa shape index (κ2) is 23.1. The Balaban J connectivity index is 0. The molecule has 0 bridgehead atoms. The lowest BCUT2D eigenvalue weighted by atomic mass is 9.96. The topological polar surface area (TPSA) is 29.4 Å². The Morgan fingerprint density at radius 1 is 0.921 bits per heavy atom. The SMILES string of the molecule is C=C(/C=C\C=C/C)C(C)=Nc1cc(Cc2ccc(C)cc2)cc(CC)c1C.CC.CC.CCCCC(C)=O. The highest BCUT2D eigenvalue weighted by Crippen LogP contribution is 2.27. The van der Waals surface area contributed by atoms with Gasteiger partial charge in [0, 0.05) is 12.1 Å². The highest BCUT2D eigenvalue weighted by molar-refractivity contribution is 6.01. The Morgan fingerprint density at radius 3 is 2.00 bits per heavy atom. The first-order valence-electron chi connectivity index (χ1n) is 14.4. The predicted molar refractivity (Wildman–Crippen MR) is 173 cm³/mol. The summed E-state index contributed by atoms with van der Waals surface area (Å²) in [6, 6.07) is 13.3. The number of ketones is 1. The second-order valence-corrected chi connectivity index (χ2v) is 8.83. The molecule has 2 heteroatoms. The highest BCUT2D eigenvalue weighted by atomic mass is 16.1. The fourth-order valence-corrected chi connectivity index (χ4v) is 3.43. The van der Waals surface area contributed by atoms with Crippen LogP contribution < -0.4 is 0 Å². The second-order valence-electron chi connectivity index (χ2n) is 8.83. The number of allylic oxidation sites excluding steroid dienone is 5. The number of rotatable bonds is 10. The quantitative estimate of drug-likeness (QED) is 0.227. The summed E-state index contributed by atoms with van der Waals surface area (Å²) in [6.07, 6.45) is 12.9. The van der Waals surface area contributed by atoms with E-state index >= 15 is 0 Å². The summed E-state index contributed by atoms with van der Waals surface area (Å²) < 4.78 is 0. The molecule has 2 nitrogen and oxygen atoms in total. The maximum absolute atomic E-state index is 10.2. The third-order valence-corrected chi connectivity index (χ3v) is 5.69. The van der Waals surface area contributed by atoms with E-state index in [0.29, 0.717) is 5.78 Å². The zero-order chi connectivity index (χ0) is 29.5. The summed E-state index contributed by atoms with van der Waals surface area (Å²) in [5, 5.41) is 0. The monoisotopic (exact) mass is 517 g/mol. The first-order chi connectivity index (χ1) is 18.2. The van der Waals surface area contributed by atoms with E-state index in [1.165, 1.54) is 27.8 Å². The van der Waals surface area contributed by atoms with Crippen LogP contribution in [0.25, 0.3) is 0 Å². The molecule has 38 heavy (non-hydrogen) atoms. The molecular formula is C36H55NO. The van der Waals surface area contributed by atoms with Gasteiger partial charge in [-0.05, 0) is 87.8 Å². The van der Waals surface area contributed by atoms with Gasteiger partial charge in [0.05, 0.1) is 5.69 Å². The van der Waals surface area contributed by atoms with Crippen molar-refractivity contribution in [1.82, 2.24) is 0 Å². The third-order valence-electron chi connectivity index (χ3n) is 5.69. The molecule has 2 rings (SSSR count). The fraction of sp³-hybridized carbons (Fsp3) is 0.444. The van der Waals surface area contributed by atoms with Crippen LogP contribution in [0.1, 0.15) is 109 Å². The smallest absolute Gasteiger partial charge is 0.129 e. The number of nitrogens with zero attached hydrogens (tertiary/aromatic N) is 1. The number of hydrogen-bond donors (Lipinski definition) is 0. The Labute approximate surface area is 235 Å². The molecule has 0 unspecified atom stereocenters. The number of unbranched alkanes of at least 4 members (excludes halogenated alkanes) is 1. The molecule has 0 radical (unpaired) electrons. The maximum Gasteiger partial charge on any atom is 0.129 e. The summed E-state index contributed by atoms with van der Waals surface area (Å²) in [5.74, 6) is 0.307. The molecule has 0 aliphatic rings. The molecule has 0 saturated heterocycles. The molecule has 0 amide bonds. The summed E-state index contributed by atoms with van der Waals surface area (Å²) in [5.41, 5.74) is 9.50. The maximum atomic E-state index is 10.2. The van der Waals surface area contributed by atoms with E-state index in [1.807, 2.05) is 65.8 Å². The van der Waals surface area contributed by atoms with Crippen LogP contribution in [-0.4, -0.2) is 11.5 Å². The lowest BCUT2D eigenvalue weighted by Crippen LogP contribution is -1.97. The van der Waals surface area contributed by atoms with Gasteiger partial charge in [-0.25, -0.2) is 0 Å². The van der Waals surface area contributed by atoms with Crippen molar-refractivity contribution in [3.8, 4) is 0 Å². The van der Waals surface area contributed by atoms with Crippen molar-refractivity contribution < 1.29 is 4.79 Å². The van der Waals surface area contributed by atoms with Crippen LogP contribution >= 0.6 is 0 Å². The minimum Gasteiger partial charge on any atom is -0.300 e. The number of Topliss-reactive ketones (excluding diaryl/α,β-unsaturated/α-hetero) is 1. The summed E-state index contributed by atoms with van der Waals surface area (Å²) in [6.45, 7) is 26.4. The molecule has 2 aromatic rings. The van der Waals surface area contributed by atoms with E-state index in [4.69, 9.17) is 4.99 Å². The van der Waals surface area contributed by atoms with Gasteiger partial charge in [0.15, 0.2) is 0 Å². The number of carbonyl (C=O) groups is 1. The number of benzene rings is 2. The van der Waals surface area contributed by atoms with Gasteiger partial charge in [-0.1, -0.05) is 115 Å². The summed E-state index contributed by atoms with van der Waals surface area (Å²) >= 11 is 0. The zero-order valence-electron chi connectivity index (χ0n) is 26.4.